The number of carbonyl (C=O) groups excluding carboxylic acids is 2. The zero-order chi connectivity index (χ0) is 24.3. The smallest absolute Gasteiger partial charge is 0.410 e. The van der Waals surface area contributed by atoms with E-state index in [4.69, 9.17) is 4.74 Å². The fraction of sp³-hybridized carbons (Fsp3) is 0.609. The van der Waals surface area contributed by atoms with Gasteiger partial charge in [-0.05, 0) is 40.0 Å². The molecule has 2 fully saturated rings. The van der Waals surface area contributed by atoms with Gasteiger partial charge in [0.2, 0.25) is 5.95 Å². The Kier molecular flexibility index (Phi) is 6.90. The number of rotatable bonds is 7. The van der Waals surface area contributed by atoms with Crippen molar-refractivity contribution >= 4 is 29.6 Å². The van der Waals surface area contributed by atoms with Gasteiger partial charge in [-0.2, -0.15) is 10.1 Å². The van der Waals surface area contributed by atoms with Gasteiger partial charge < -0.3 is 25.2 Å². The monoisotopic (exact) mass is 470 g/mol. The molecule has 0 bridgehead atoms. The maximum atomic E-state index is 12.7. The van der Waals surface area contributed by atoms with Gasteiger partial charge in [0.1, 0.15) is 17.1 Å². The van der Waals surface area contributed by atoms with E-state index >= 15 is 0 Å². The van der Waals surface area contributed by atoms with Crippen molar-refractivity contribution in [2.24, 2.45) is 0 Å². The maximum Gasteiger partial charge on any atom is 0.410 e. The Morgan fingerprint density at radius 1 is 1.12 bits per heavy atom. The zero-order valence-corrected chi connectivity index (χ0v) is 20.3. The number of piperazine rings is 1. The SMILES string of the molecule is CCCNC(=O)c1cc(Nc2cc(C3CC3)[nH]n2)nc(N2CCN(C(=O)OC(C)(C)C)CC2)n1. The molecule has 2 aliphatic rings. The Morgan fingerprint density at radius 3 is 2.50 bits per heavy atom. The van der Waals surface area contributed by atoms with E-state index in [0.717, 1.165) is 12.1 Å². The van der Waals surface area contributed by atoms with Crippen LogP contribution in [-0.4, -0.2) is 75.4 Å². The topological polar surface area (TPSA) is 128 Å². The summed E-state index contributed by atoms with van der Waals surface area (Å²) in [7, 11) is 0. The fourth-order valence-electron chi connectivity index (χ4n) is 3.64. The molecular formula is C23H34N8O3. The van der Waals surface area contributed by atoms with Crippen LogP contribution in [0.5, 0.6) is 0 Å². The van der Waals surface area contributed by atoms with Gasteiger partial charge in [0.25, 0.3) is 5.91 Å². The Hall–Kier alpha value is -3.37. The highest BCUT2D eigenvalue weighted by atomic mass is 16.6. The second-order valence-corrected chi connectivity index (χ2v) is 9.76. The lowest BCUT2D eigenvalue weighted by molar-refractivity contribution is 0.0240. The standard InChI is InChI=1S/C23H34N8O3/c1-5-8-24-20(32)17-14-18(26-19-13-16(28-29-19)15-6-7-15)27-21(25-17)30-9-11-31(12-10-30)22(33)34-23(2,3)4/h13-15H,5-12H2,1-4H3,(H,24,32)(H2,25,26,27,28,29). The third-order valence-electron chi connectivity index (χ3n) is 5.57. The van der Waals surface area contributed by atoms with Gasteiger partial charge in [-0.25, -0.2) is 9.78 Å². The number of nitrogens with one attached hydrogen (secondary N) is 3. The van der Waals surface area contributed by atoms with Crippen molar-refractivity contribution in [1.82, 2.24) is 30.4 Å². The summed E-state index contributed by atoms with van der Waals surface area (Å²) < 4.78 is 5.48. The van der Waals surface area contributed by atoms with Crippen molar-refractivity contribution in [1.29, 1.82) is 0 Å². The molecule has 0 atom stereocenters. The van der Waals surface area contributed by atoms with Crippen LogP contribution in [0.15, 0.2) is 12.1 Å². The quantitative estimate of drug-likeness (QED) is 0.563. The summed E-state index contributed by atoms with van der Waals surface area (Å²) in [5, 5.41) is 13.5. The van der Waals surface area contributed by atoms with Crippen molar-refractivity contribution in [3.05, 3.63) is 23.5 Å². The number of ether oxygens (including phenoxy) is 1. The van der Waals surface area contributed by atoms with Crippen molar-refractivity contribution in [2.45, 2.75) is 58.5 Å². The Labute approximate surface area is 199 Å². The van der Waals surface area contributed by atoms with Crippen LogP contribution in [-0.2, 0) is 4.74 Å². The predicted molar refractivity (Wildman–Crippen MR) is 129 cm³/mol. The first-order valence-electron chi connectivity index (χ1n) is 11.9. The Balaban J connectivity index is 1.49. The lowest BCUT2D eigenvalue weighted by atomic mass is 10.2. The van der Waals surface area contributed by atoms with Crippen molar-refractivity contribution in [3.8, 4) is 0 Å². The number of amides is 2. The molecule has 2 amide bonds. The van der Waals surface area contributed by atoms with E-state index in [9.17, 15) is 9.59 Å². The number of hydrogen-bond donors (Lipinski definition) is 3. The fourth-order valence-corrected chi connectivity index (χ4v) is 3.64. The molecule has 184 valence electrons. The molecule has 0 spiro atoms. The summed E-state index contributed by atoms with van der Waals surface area (Å²) >= 11 is 0. The molecule has 1 saturated carbocycles. The molecular weight excluding hydrogens is 436 g/mol. The molecule has 1 aliphatic heterocycles. The first-order valence-corrected chi connectivity index (χ1v) is 11.9. The Bertz CT molecular complexity index is 1020. The van der Waals surface area contributed by atoms with Crippen molar-refractivity contribution in [3.63, 3.8) is 0 Å². The van der Waals surface area contributed by atoms with Gasteiger partial charge in [0, 0.05) is 56.5 Å². The van der Waals surface area contributed by atoms with Gasteiger partial charge >= 0.3 is 6.09 Å². The minimum Gasteiger partial charge on any atom is -0.444 e. The normalized spacial score (nSPS) is 16.4. The number of aromatic amines is 1. The van der Waals surface area contributed by atoms with Crippen LogP contribution in [0.3, 0.4) is 0 Å². The number of nitrogens with zero attached hydrogens (tertiary/aromatic N) is 5. The van der Waals surface area contributed by atoms with E-state index < -0.39 is 5.60 Å². The molecule has 2 aromatic rings. The van der Waals surface area contributed by atoms with E-state index in [-0.39, 0.29) is 17.7 Å². The molecule has 0 aromatic carbocycles. The molecule has 11 heteroatoms. The van der Waals surface area contributed by atoms with Crippen LogP contribution in [0, 0.1) is 0 Å². The molecule has 3 N–H and O–H groups in total. The molecule has 0 unspecified atom stereocenters. The minimum atomic E-state index is -0.538. The average molecular weight is 471 g/mol. The third-order valence-corrected chi connectivity index (χ3v) is 5.57. The number of H-pyrrole nitrogens is 1. The Morgan fingerprint density at radius 2 is 1.85 bits per heavy atom. The first kappa shape index (κ1) is 23.8. The number of aromatic nitrogens is 4. The molecule has 11 nitrogen and oxygen atoms in total. The van der Waals surface area contributed by atoms with Gasteiger partial charge in [-0.3, -0.25) is 9.89 Å². The number of carbonyl (C=O) groups is 2. The van der Waals surface area contributed by atoms with Crippen LogP contribution in [0.2, 0.25) is 0 Å². The van der Waals surface area contributed by atoms with Gasteiger partial charge in [-0.15, -0.1) is 0 Å². The molecule has 4 rings (SSSR count). The van der Waals surface area contributed by atoms with Crippen LogP contribution in [0.25, 0.3) is 0 Å². The van der Waals surface area contributed by atoms with Crippen molar-refractivity contribution in [2.75, 3.05) is 42.9 Å². The van der Waals surface area contributed by atoms with E-state index in [2.05, 4.69) is 30.8 Å². The lowest BCUT2D eigenvalue weighted by Crippen LogP contribution is -2.50. The first-order chi connectivity index (χ1) is 16.2. The molecule has 34 heavy (non-hydrogen) atoms. The summed E-state index contributed by atoms with van der Waals surface area (Å²) in [4.78, 5) is 37.9. The predicted octanol–water partition coefficient (Wildman–Crippen LogP) is 3.02. The maximum absolute atomic E-state index is 12.7. The summed E-state index contributed by atoms with van der Waals surface area (Å²) in [6, 6.07) is 3.62. The van der Waals surface area contributed by atoms with E-state index in [1.807, 2.05) is 38.7 Å². The molecule has 0 radical (unpaired) electrons. The molecule has 1 saturated heterocycles. The highest BCUT2D eigenvalue weighted by Crippen LogP contribution is 2.39. The van der Waals surface area contributed by atoms with Gasteiger partial charge in [0.05, 0.1) is 0 Å². The zero-order valence-electron chi connectivity index (χ0n) is 20.3. The largest absolute Gasteiger partial charge is 0.444 e. The van der Waals surface area contributed by atoms with Crippen LogP contribution >= 0.6 is 0 Å². The third kappa shape index (κ3) is 6.15. The van der Waals surface area contributed by atoms with Gasteiger partial charge in [-0.1, -0.05) is 6.92 Å². The highest BCUT2D eigenvalue weighted by Gasteiger charge is 2.28. The van der Waals surface area contributed by atoms with Crippen LogP contribution < -0.4 is 15.5 Å². The second kappa shape index (κ2) is 9.86. The van der Waals surface area contributed by atoms with Crippen LogP contribution in [0.4, 0.5) is 22.4 Å². The van der Waals surface area contributed by atoms with E-state index in [0.29, 0.717) is 56.2 Å². The second-order valence-electron chi connectivity index (χ2n) is 9.76. The summed E-state index contributed by atoms with van der Waals surface area (Å²) in [6.45, 7) is 10.2. The highest BCUT2D eigenvalue weighted by molar-refractivity contribution is 5.93. The summed E-state index contributed by atoms with van der Waals surface area (Å²) in [5.74, 6) is 1.90. The number of hydrogen-bond acceptors (Lipinski definition) is 8. The van der Waals surface area contributed by atoms with E-state index in [1.165, 1.54) is 12.8 Å². The number of anilines is 3. The molecule has 3 heterocycles. The molecule has 2 aromatic heterocycles. The van der Waals surface area contributed by atoms with Crippen LogP contribution in [0.1, 0.15) is 69.1 Å². The van der Waals surface area contributed by atoms with Crippen molar-refractivity contribution < 1.29 is 14.3 Å². The van der Waals surface area contributed by atoms with E-state index in [1.54, 1.807) is 11.0 Å². The summed E-state index contributed by atoms with van der Waals surface area (Å²) in [6.07, 6.45) is 2.86. The van der Waals surface area contributed by atoms with Gasteiger partial charge in [0.15, 0.2) is 5.82 Å². The summed E-state index contributed by atoms with van der Waals surface area (Å²) in [5.41, 5.74) is 0.855. The average Bonchev–Trinajstić information content (AvgIpc) is 3.55. The lowest BCUT2D eigenvalue weighted by Gasteiger charge is -2.35. The molecule has 1 aliphatic carbocycles. The minimum absolute atomic E-state index is 0.248.